The highest BCUT2D eigenvalue weighted by atomic mass is 16.6. The predicted octanol–water partition coefficient (Wildman–Crippen LogP) is 2.87. The second-order valence-corrected chi connectivity index (χ2v) is 4.53. The Morgan fingerprint density at radius 3 is 1.75 bits per heavy atom. The number of nitrogens with zero attached hydrogens (tertiary/aromatic N) is 1. The summed E-state index contributed by atoms with van der Waals surface area (Å²) in [6, 6.07) is 0. The van der Waals surface area contributed by atoms with Gasteiger partial charge in [-0.1, -0.05) is 27.7 Å². The molecule has 0 saturated heterocycles. The Bertz CT molecular complexity index is 172. The predicted molar refractivity (Wildman–Crippen MR) is 49.8 cm³/mol. The van der Waals surface area contributed by atoms with Gasteiger partial charge in [0.15, 0.2) is 0 Å². The molecule has 1 atom stereocenters. The smallest absolute Gasteiger partial charge is 0.224 e. The minimum atomic E-state index is -0.790. The van der Waals surface area contributed by atoms with Crippen molar-refractivity contribution in [3.8, 4) is 0 Å². The van der Waals surface area contributed by atoms with Gasteiger partial charge in [-0.2, -0.15) is 0 Å². The van der Waals surface area contributed by atoms with Gasteiger partial charge in [0.05, 0.1) is 0 Å². The summed E-state index contributed by atoms with van der Waals surface area (Å²) in [6.45, 7) is 9.48. The van der Waals surface area contributed by atoms with Crippen molar-refractivity contribution in [2.24, 2.45) is 5.41 Å². The third kappa shape index (κ3) is 1.96. The van der Waals surface area contributed by atoms with Crippen LogP contribution < -0.4 is 0 Å². The van der Waals surface area contributed by atoms with Gasteiger partial charge in [0.1, 0.15) is 0 Å². The van der Waals surface area contributed by atoms with Crippen LogP contribution in [0.4, 0.5) is 0 Å². The van der Waals surface area contributed by atoms with E-state index in [9.17, 15) is 10.1 Å². The molecule has 0 aliphatic heterocycles. The van der Waals surface area contributed by atoms with Gasteiger partial charge in [0, 0.05) is 23.7 Å². The molecule has 0 aromatic carbocycles. The fraction of sp³-hybridized carbons (Fsp3) is 1.00. The minimum Gasteiger partial charge on any atom is -0.264 e. The highest BCUT2D eigenvalue weighted by Gasteiger charge is 2.47. The van der Waals surface area contributed by atoms with E-state index in [1.54, 1.807) is 6.92 Å². The van der Waals surface area contributed by atoms with Crippen LogP contribution in [-0.2, 0) is 0 Å². The zero-order valence-electron chi connectivity index (χ0n) is 8.68. The van der Waals surface area contributed by atoms with Crippen LogP contribution in [0.2, 0.25) is 0 Å². The van der Waals surface area contributed by atoms with Gasteiger partial charge >= 0.3 is 0 Å². The molecule has 0 heterocycles. The zero-order valence-corrected chi connectivity index (χ0v) is 8.68. The molecule has 72 valence electrons. The van der Waals surface area contributed by atoms with E-state index in [1.165, 1.54) is 0 Å². The molecule has 0 radical (unpaired) electrons. The maximum atomic E-state index is 10.9. The molecule has 0 aromatic heterocycles. The fourth-order valence-electron chi connectivity index (χ4n) is 1.23. The summed E-state index contributed by atoms with van der Waals surface area (Å²) >= 11 is 0. The second-order valence-electron chi connectivity index (χ2n) is 4.53. The quantitative estimate of drug-likeness (QED) is 0.486. The topological polar surface area (TPSA) is 43.1 Å². The maximum Gasteiger partial charge on any atom is 0.224 e. The summed E-state index contributed by atoms with van der Waals surface area (Å²) in [5.41, 5.74) is -1.06. The lowest BCUT2D eigenvalue weighted by Crippen LogP contribution is -2.46. The molecule has 0 rings (SSSR count). The SMILES string of the molecule is CCCC(C)([N+](=O)[O-])C(C)(C)C. The third-order valence-corrected chi connectivity index (χ3v) is 2.76. The Labute approximate surface area is 74.3 Å². The van der Waals surface area contributed by atoms with Crippen LogP contribution in [0.5, 0.6) is 0 Å². The Morgan fingerprint density at radius 2 is 1.67 bits per heavy atom. The van der Waals surface area contributed by atoms with E-state index in [1.807, 2.05) is 27.7 Å². The molecular formula is C9H19NO2. The lowest BCUT2D eigenvalue weighted by molar-refractivity contribution is -0.586. The molecule has 0 spiro atoms. The van der Waals surface area contributed by atoms with Crippen LogP contribution >= 0.6 is 0 Å². The van der Waals surface area contributed by atoms with Gasteiger partial charge in [-0.3, -0.25) is 10.1 Å². The molecule has 3 nitrogen and oxygen atoms in total. The van der Waals surface area contributed by atoms with Crippen LogP contribution in [0.15, 0.2) is 0 Å². The van der Waals surface area contributed by atoms with Crippen molar-refractivity contribution in [3.63, 3.8) is 0 Å². The summed E-state index contributed by atoms with van der Waals surface area (Å²) in [5.74, 6) is 0. The first-order valence-corrected chi connectivity index (χ1v) is 4.40. The van der Waals surface area contributed by atoms with Gasteiger partial charge < -0.3 is 0 Å². The monoisotopic (exact) mass is 173 g/mol. The van der Waals surface area contributed by atoms with E-state index >= 15 is 0 Å². The number of rotatable bonds is 3. The summed E-state index contributed by atoms with van der Waals surface area (Å²) in [6.07, 6.45) is 1.50. The lowest BCUT2D eigenvalue weighted by Gasteiger charge is -2.33. The number of hydrogen-bond acceptors (Lipinski definition) is 2. The Kier molecular flexibility index (Phi) is 3.25. The van der Waals surface area contributed by atoms with E-state index in [4.69, 9.17) is 0 Å². The second kappa shape index (κ2) is 3.42. The molecule has 12 heavy (non-hydrogen) atoms. The lowest BCUT2D eigenvalue weighted by atomic mass is 9.73. The van der Waals surface area contributed by atoms with Crippen LogP contribution in [0.25, 0.3) is 0 Å². The first-order chi connectivity index (χ1) is 5.25. The van der Waals surface area contributed by atoms with E-state index in [-0.39, 0.29) is 10.3 Å². The molecular weight excluding hydrogens is 154 g/mol. The normalized spacial score (nSPS) is 17.1. The largest absolute Gasteiger partial charge is 0.264 e. The molecule has 3 heteroatoms. The summed E-state index contributed by atoms with van der Waals surface area (Å²) in [4.78, 5) is 10.7. The zero-order chi connectivity index (χ0) is 9.99. The molecule has 0 aliphatic carbocycles. The standard InChI is InChI=1S/C9H19NO2/c1-6-7-9(5,10(11)12)8(2,3)4/h6-7H2,1-5H3. The van der Waals surface area contributed by atoms with Crippen LogP contribution in [0.3, 0.4) is 0 Å². The average molecular weight is 173 g/mol. The Morgan fingerprint density at radius 1 is 1.25 bits per heavy atom. The van der Waals surface area contributed by atoms with Gasteiger partial charge in [0.25, 0.3) is 0 Å². The Balaban J connectivity index is 4.75. The highest BCUT2D eigenvalue weighted by Crippen LogP contribution is 2.36. The van der Waals surface area contributed by atoms with E-state index in [0.29, 0.717) is 6.42 Å². The number of nitro groups is 1. The van der Waals surface area contributed by atoms with Crippen molar-refractivity contribution < 1.29 is 4.92 Å². The molecule has 0 aliphatic rings. The Hall–Kier alpha value is -0.600. The molecule has 0 aromatic rings. The molecule has 0 N–H and O–H groups in total. The highest BCUT2D eigenvalue weighted by molar-refractivity contribution is 4.86. The molecule has 1 unspecified atom stereocenters. The van der Waals surface area contributed by atoms with Crippen molar-refractivity contribution >= 4 is 0 Å². The first-order valence-electron chi connectivity index (χ1n) is 4.40. The average Bonchev–Trinajstić information content (AvgIpc) is 1.85. The van der Waals surface area contributed by atoms with E-state index in [2.05, 4.69) is 0 Å². The summed E-state index contributed by atoms with van der Waals surface area (Å²) in [7, 11) is 0. The first kappa shape index (κ1) is 11.4. The van der Waals surface area contributed by atoms with Gasteiger partial charge in [0.2, 0.25) is 5.54 Å². The number of hydrogen-bond donors (Lipinski definition) is 0. The molecule has 0 bridgehead atoms. The van der Waals surface area contributed by atoms with Crippen LogP contribution in [0.1, 0.15) is 47.5 Å². The molecule has 0 amide bonds. The molecule has 0 saturated carbocycles. The van der Waals surface area contributed by atoms with E-state index < -0.39 is 5.54 Å². The van der Waals surface area contributed by atoms with Crippen molar-refractivity contribution in [1.29, 1.82) is 0 Å². The van der Waals surface area contributed by atoms with E-state index in [0.717, 1.165) is 6.42 Å². The maximum absolute atomic E-state index is 10.9. The molecule has 0 fully saturated rings. The minimum absolute atomic E-state index is 0.142. The van der Waals surface area contributed by atoms with Crippen LogP contribution in [-0.4, -0.2) is 10.5 Å². The van der Waals surface area contributed by atoms with Crippen molar-refractivity contribution in [3.05, 3.63) is 10.1 Å². The van der Waals surface area contributed by atoms with Gasteiger partial charge in [-0.05, 0) is 6.42 Å². The third-order valence-electron chi connectivity index (χ3n) is 2.76. The summed E-state index contributed by atoms with van der Waals surface area (Å²) in [5, 5.41) is 10.9. The van der Waals surface area contributed by atoms with Gasteiger partial charge in [-0.15, -0.1) is 0 Å². The van der Waals surface area contributed by atoms with Crippen LogP contribution in [0, 0.1) is 15.5 Å². The van der Waals surface area contributed by atoms with Crippen molar-refractivity contribution in [1.82, 2.24) is 0 Å². The van der Waals surface area contributed by atoms with Crippen molar-refractivity contribution in [2.45, 2.75) is 53.0 Å². The van der Waals surface area contributed by atoms with Crippen molar-refractivity contribution in [2.75, 3.05) is 0 Å². The summed E-state index contributed by atoms with van der Waals surface area (Å²) < 4.78 is 0. The fourth-order valence-corrected chi connectivity index (χ4v) is 1.23. The van der Waals surface area contributed by atoms with Gasteiger partial charge in [-0.25, -0.2) is 0 Å².